The zero-order valence-corrected chi connectivity index (χ0v) is 15.7. The number of hydrogen-bond donors (Lipinski definition) is 0. The van der Waals surface area contributed by atoms with E-state index in [1.54, 1.807) is 0 Å². The second-order valence-electron chi connectivity index (χ2n) is 5.54. The quantitative estimate of drug-likeness (QED) is 0.423. The van der Waals surface area contributed by atoms with Gasteiger partial charge in [-0.15, -0.1) is 0 Å². The van der Waals surface area contributed by atoms with E-state index in [9.17, 15) is 18.4 Å². The van der Waals surface area contributed by atoms with E-state index in [0.29, 0.717) is 19.3 Å². The van der Waals surface area contributed by atoms with Gasteiger partial charge in [0.1, 0.15) is 0 Å². The summed E-state index contributed by atoms with van der Waals surface area (Å²) < 4.78 is 37.3. The Morgan fingerprint density at radius 2 is 1.15 bits per heavy atom. The molecule has 0 radical (unpaired) electrons. The summed E-state index contributed by atoms with van der Waals surface area (Å²) in [6.45, 7) is 0.170. The van der Waals surface area contributed by atoms with Crippen LogP contribution in [0.25, 0.3) is 0 Å². The Bertz CT molecular complexity index is 760. The molecule has 0 saturated carbocycles. The number of rotatable bonds is 8. The molecule has 0 fully saturated rings. The van der Waals surface area contributed by atoms with E-state index in [1.807, 2.05) is 0 Å². The molecule has 2 rings (SSSR count). The van der Waals surface area contributed by atoms with Crippen molar-refractivity contribution in [3.8, 4) is 0 Å². The van der Waals surface area contributed by atoms with Crippen molar-refractivity contribution in [1.29, 1.82) is 0 Å². The summed E-state index contributed by atoms with van der Waals surface area (Å²) in [4.78, 5) is 23.6. The molecule has 8 heteroatoms. The van der Waals surface area contributed by atoms with Crippen LogP contribution in [0.2, 0.25) is 10.0 Å². The Hall–Kier alpha value is -2.18. The Labute approximate surface area is 165 Å². The normalized spacial score (nSPS) is 10.5. The van der Waals surface area contributed by atoms with Crippen molar-refractivity contribution >= 4 is 35.1 Å². The molecule has 4 nitrogen and oxygen atoms in total. The van der Waals surface area contributed by atoms with Gasteiger partial charge < -0.3 is 9.47 Å². The summed E-state index contributed by atoms with van der Waals surface area (Å²) in [6, 6.07) is 8.17. The average molecular weight is 417 g/mol. The lowest BCUT2D eigenvalue weighted by atomic mass is 10.2. The molecular formula is C19H16Cl2F2O4. The Kier molecular flexibility index (Phi) is 8.00. The second kappa shape index (κ2) is 10.2. The topological polar surface area (TPSA) is 52.6 Å². The largest absolute Gasteiger partial charge is 0.462 e. The fraction of sp³-hybridized carbons (Fsp3) is 0.263. The standard InChI is InChI=1S/C19H16Cl2F2O4/c20-14-8-4-6-12(16(14)22)18(24)26-10-2-1-3-11-27-19(25)13-7-5-9-15(21)17(13)23/h4-9H,1-3,10-11H2. The smallest absolute Gasteiger partial charge is 0.341 e. The monoisotopic (exact) mass is 416 g/mol. The first-order chi connectivity index (χ1) is 12.9. The maximum atomic E-state index is 13.7. The molecule has 0 aliphatic heterocycles. The predicted octanol–water partition coefficient (Wildman–Crippen LogP) is 5.46. The van der Waals surface area contributed by atoms with Gasteiger partial charge in [-0.1, -0.05) is 35.3 Å². The minimum atomic E-state index is -0.815. The molecule has 0 heterocycles. The highest BCUT2D eigenvalue weighted by atomic mass is 35.5. The molecule has 144 valence electrons. The molecule has 0 aliphatic carbocycles. The molecule has 0 N–H and O–H groups in total. The molecule has 2 aromatic carbocycles. The van der Waals surface area contributed by atoms with Crippen molar-refractivity contribution in [1.82, 2.24) is 0 Å². The van der Waals surface area contributed by atoms with Gasteiger partial charge in [0, 0.05) is 0 Å². The molecule has 27 heavy (non-hydrogen) atoms. The first-order valence-corrected chi connectivity index (χ1v) is 8.89. The van der Waals surface area contributed by atoms with Crippen LogP contribution >= 0.6 is 23.2 Å². The molecule has 0 atom stereocenters. The van der Waals surface area contributed by atoms with Crippen LogP contribution in [-0.4, -0.2) is 25.2 Å². The van der Waals surface area contributed by atoms with Crippen molar-refractivity contribution < 1.29 is 27.8 Å². The molecule has 0 saturated heterocycles. The number of halogens is 4. The lowest BCUT2D eigenvalue weighted by molar-refractivity contribution is 0.0473. The molecule has 2 aromatic rings. The molecule has 0 amide bonds. The van der Waals surface area contributed by atoms with E-state index >= 15 is 0 Å². The molecule has 0 aromatic heterocycles. The van der Waals surface area contributed by atoms with Crippen molar-refractivity contribution in [2.45, 2.75) is 19.3 Å². The number of ether oxygens (including phenoxy) is 2. The van der Waals surface area contributed by atoms with Crippen LogP contribution in [-0.2, 0) is 9.47 Å². The zero-order valence-electron chi connectivity index (χ0n) is 14.1. The van der Waals surface area contributed by atoms with E-state index < -0.39 is 23.6 Å². The van der Waals surface area contributed by atoms with Gasteiger partial charge in [-0.2, -0.15) is 0 Å². The molecule has 0 bridgehead atoms. The number of esters is 2. The van der Waals surface area contributed by atoms with Crippen molar-refractivity contribution in [3.05, 3.63) is 69.2 Å². The van der Waals surface area contributed by atoms with Gasteiger partial charge in [-0.05, 0) is 43.5 Å². The van der Waals surface area contributed by atoms with Crippen molar-refractivity contribution in [2.24, 2.45) is 0 Å². The van der Waals surface area contributed by atoms with Crippen LogP contribution in [0.3, 0.4) is 0 Å². The lowest BCUT2D eigenvalue weighted by Gasteiger charge is -2.07. The average Bonchev–Trinajstić information content (AvgIpc) is 2.65. The number of carbonyl (C=O) groups is 2. The molecule has 0 aliphatic rings. The van der Waals surface area contributed by atoms with Crippen LogP contribution in [0.4, 0.5) is 8.78 Å². The Morgan fingerprint density at radius 3 is 1.56 bits per heavy atom. The minimum Gasteiger partial charge on any atom is -0.462 e. The van der Waals surface area contributed by atoms with Gasteiger partial charge in [0.15, 0.2) is 11.6 Å². The van der Waals surface area contributed by atoms with E-state index in [1.165, 1.54) is 36.4 Å². The zero-order chi connectivity index (χ0) is 19.8. The third-order valence-electron chi connectivity index (χ3n) is 3.60. The second-order valence-corrected chi connectivity index (χ2v) is 6.35. The van der Waals surface area contributed by atoms with Crippen LogP contribution in [0, 0.1) is 11.6 Å². The molecule has 0 unspecified atom stereocenters. The van der Waals surface area contributed by atoms with E-state index in [0.717, 1.165) is 0 Å². The Balaban J connectivity index is 1.65. The van der Waals surface area contributed by atoms with Crippen LogP contribution in [0.15, 0.2) is 36.4 Å². The maximum absolute atomic E-state index is 13.7. The number of unbranched alkanes of at least 4 members (excludes halogenated alkanes) is 2. The maximum Gasteiger partial charge on any atom is 0.341 e. The Morgan fingerprint density at radius 1 is 0.741 bits per heavy atom. The van der Waals surface area contributed by atoms with Crippen molar-refractivity contribution in [3.63, 3.8) is 0 Å². The van der Waals surface area contributed by atoms with Gasteiger partial charge in [0.05, 0.1) is 34.4 Å². The first kappa shape index (κ1) is 21.1. The summed E-state index contributed by atoms with van der Waals surface area (Å²) in [6.07, 6.45) is 1.59. The van der Waals surface area contributed by atoms with Gasteiger partial charge >= 0.3 is 11.9 Å². The summed E-state index contributed by atoms with van der Waals surface area (Å²) in [5, 5.41) is -0.301. The third-order valence-corrected chi connectivity index (χ3v) is 4.18. The summed E-state index contributed by atoms with van der Waals surface area (Å²) in [5.74, 6) is -3.22. The highest BCUT2D eigenvalue weighted by molar-refractivity contribution is 6.31. The van der Waals surface area contributed by atoms with Gasteiger partial charge in [0.25, 0.3) is 0 Å². The van der Waals surface area contributed by atoms with Crippen molar-refractivity contribution in [2.75, 3.05) is 13.2 Å². The van der Waals surface area contributed by atoms with Crippen LogP contribution < -0.4 is 0 Å². The van der Waals surface area contributed by atoms with Crippen LogP contribution in [0.1, 0.15) is 40.0 Å². The van der Waals surface area contributed by atoms with E-state index in [4.69, 9.17) is 32.7 Å². The molecule has 0 spiro atoms. The van der Waals surface area contributed by atoms with E-state index in [-0.39, 0.29) is 34.4 Å². The summed E-state index contributed by atoms with van der Waals surface area (Å²) in [7, 11) is 0. The predicted molar refractivity (Wildman–Crippen MR) is 97.2 cm³/mol. The third kappa shape index (κ3) is 5.91. The van der Waals surface area contributed by atoms with Gasteiger partial charge in [0.2, 0.25) is 0 Å². The fourth-order valence-corrected chi connectivity index (χ4v) is 2.54. The van der Waals surface area contributed by atoms with Crippen LogP contribution in [0.5, 0.6) is 0 Å². The highest BCUT2D eigenvalue weighted by Gasteiger charge is 2.16. The highest BCUT2D eigenvalue weighted by Crippen LogP contribution is 2.19. The minimum absolute atomic E-state index is 0.0850. The first-order valence-electron chi connectivity index (χ1n) is 8.14. The molecular weight excluding hydrogens is 401 g/mol. The SMILES string of the molecule is O=C(OCCCCCOC(=O)c1cccc(Cl)c1F)c1cccc(Cl)c1F. The number of hydrogen-bond acceptors (Lipinski definition) is 4. The fourth-order valence-electron chi connectivity index (χ4n) is 2.19. The number of benzene rings is 2. The summed E-state index contributed by atoms with van der Waals surface area (Å²) in [5.41, 5.74) is -0.444. The van der Waals surface area contributed by atoms with Gasteiger partial charge in [-0.3, -0.25) is 0 Å². The lowest BCUT2D eigenvalue weighted by Crippen LogP contribution is -2.10. The van der Waals surface area contributed by atoms with E-state index in [2.05, 4.69) is 0 Å². The summed E-state index contributed by atoms with van der Waals surface area (Å²) >= 11 is 11.2. The van der Waals surface area contributed by atoms with Gasteiger partial charge in [-0.25, -0.2) is 18.4 Å². The number of carbonyl (C=O) groups excluding carboxylic acids is 2.